The Labute approximate surface area is 124 Å². The number of methoxy groups -OCH3 is 2. The molecular formula is C14H24O5S. The molecule has 0 aliphatic rings. The fraction of sp³-hybridized carbons (Fsp3) is 0.786. The maximum atomic E-state index is 12.0. The Morgan fingerprint density at radius 1 is 1.05 bits per heavy atom. The molecule has 0 saturated carbocycles. The number of hydrogen-bond acceptors (Lipinski definition) is 6. The van der Waals surface area contributed by atoms with Crippen molar-refractivity contribution in [1.82, 2.24) is 0 Å². The van der Waals surface area contributed by atoms with Gasteiger partial charge in [0.15, 0.2) is 11.0 Å². The van der Waals surface area contributed by atoms with Gasteiger partial charge in [-0.05, 0) is 5.92 Å². The van der Waals surface area contributed by atoms with E-state index in [1.807, 2.05) is 27.7 Å². The summed E-state index contributed by atoms with van der Waals surface area (Å²) in [5, 5.41) is -0.0397. The zero-order chi connectivity index (χ0) is 15.9. The van der Waals surface area contributed by atoms with Crippen LogP contribution < -0.4 is 0 Å². The van der Waals surface area contributed by atoms with Crippen LogP contribution >= 0.6 is 11.8 Å². The first-order valence-corrected chi connectivity index (χ1v) is 7.35. The van der Waals surface area contributed by atoms with E-state index >= 15 is 0 Å². The summed E-state index contributed by atoms with van der Waals surface area (Å²) >= 11 is 1.21. The van der Waals surface area contributed by atoms with Gasteiger partial charge in [0.25, 0.3) is 0 Å². The topological polar surface area (TPSA) is 69.7 Å². The molecule has 0 unspecified atom stereocenters. The highest BCUT2D eigenvalue weighted by atomic mass is 32.2. The lowest BCUT2D eigenvalue weighted by atomic mass is 9.87. The van der Waals surface area contributed by atoms with Crippen molar-refractivity contribution in [3.63, 3.8) is 0 Å². The molecule has 0 aliphatic heterocycles. The second-order valence-electron chi connectivity index (χ2n) is 5.48. The Hall–Kier alpha value is -1.04. The molecule has 0 radical (unpaired) electrons. The van der Waals surface area contributed by atoms with Gasteiger partial charge in [-0.2, -0.15) is 0 Å². The molecule has 6 heteroatoms. The number of thioether (sulfide) groups is 1. The first-order valence-electron chi connectivity index (χ1n) is 6.53. The van der Waals surface area contributed by atoms with E-state index in [1.54, 1.807) is 0 Å². The largest absolute Gasteiger partial charge is 0.468 e. The average molecular weight is 304 g/mol. The molecule has 1 atom stereocenters. The number of ether oxygens (including phenoxy) is 2. The summed E-state index contributed by atoms with van der Waals surface area (Å²) in [6, 6.07) is 0. The minimum absolute atomic E-state index is 0.0397. The molecule has 0 aliphatic carbocycles. The lowest BCUT2D eigenvalue weighted by Gasteiger charge is -2.23. The van der Waals surface area contributed by atoms with E-state index in [-0.39, 0.29) is 16.3 Å². The van der Waals surface area contributed by atoms with Crippen molar-refractivity contribution in [2.75, 3.05) is 14.2 Å². The predicted molar refractivity (Wildman–Crippen MR) is 78.3 cm³/mol. The van der Waals surface area contributed by atoms with E-state index in [1.165, 1.54) is 26.0 Å². The summed E-state index contributed by atoms with van der Waals surface area (Å²) in [6.07, 6.45) is 0.665. The van der Waals surface area contributed by atoms with Gasteiger partial charge in [0.2, 0.25) is 0 Å². The molecule has 0 heterocycles. The summed E-state index contributed by atoms with van der Waals surface area (Å²) < 4.78 is 9.09. The second kappa shape index (κ2) is 8.29. The van der Waals surface area contributed by atoms with Crippen LogP contribution in [0.15, 0.2) is 0 Å². The third-order valence-corrected chi connectivity index (χ3v) is 3.76. The Morgan fingerprint density at radius 2 is 1.50 bits per heavy atom. The van der Waals surface area contributed by atoms with Crippen LogP contribution in [0.3, 0.4) is 0 Å². The van der Waals surface area contributed by atoms with Gasteiger partial charge >= 0.3 is 11.9 Å². The van der Waals surface area contributed by atoms with Crippen molar-refractivity contribution < 1.29 is 23.9 Å². The normalized spacial score (nSPS) is 12.9. The van der Waals surface area contributed by atoms with Crippen molar-refractivity contribution in [3.05, 3.63) is 0 Å². The van der Waals surface area contributed by atoms with E-state index in [9.17, 15) is 14.4 Å². The lowest BCUT2D eigenvalue weighted by molar-refractivity contribution is -0.161. The summed E-state index contributed by atoms with van der Waals surface area (Å²) in [5.41, 5.74) is 0. The van der Waals surface area contributed by atoms with Crippen molar-refractivity contribution >= 4 is 28.8 Å². The van der Waals surface area contributed by atoms with Gasteiger partial charge in [0.1, 0.15) is 0 Å². The Kier molecular flexibility index (Phi) is 7.86. The van der Waals surface area contributed by atoms with Crippen LogP contribution in [0.4, 0.5) is 0 Å². The second-order valence-corrected chi connectivity index (χ2v) is 7.37. The Balaban J connectivity index is 4.96. The molecular weight excluding hydrogens is 280 g/mol. The summed E-state index contributed by atoms with van der Waals surface area (Å²) in [7, 11) is 2.44. The smallest absolute Gasteiger partial charge is 0.320 e. The quantitative estimate of drug-likeness (QED) is 0.554. The average Bonchev–Trinajstić information content (AvgIpc) is 2.34. The molecule has 0 N–H and O–H groups in total. The highest BCUT2D eigenvalue weighted by Gasteiger charge is 2.37. The molecule has 0 aromatic heterocycles. The molecule has 0 rings (SSSR count). The molecule has 0 saturated heterocycles. The number of rotatable bonds is 6. The molecule has 0 amide bonds. The fourth-order valence-corrected chi connectivity index (χ4v) is 2.81. The molecule has 0 aromatic carbocycles. The molecule has 5 nitrogen and oxygen atoms in total. The number of carbonyl (C=O) groups is 3. The molecule has 0 bridgehead atoms. The fourth-order valence-electron chi connectivity index (χ4n) is 1.83. The van der Waals surface area contributed by atoms with Crippen molar-refractivity contribution in [3.8, 4) is 0 Å². The first-order chi connectivity index (χ1) is 9.16. The zero-order valence-electron chi connectivity index (χ0n) is 13.0. The monoisotopic (exact) mass is 304 g/mol. The third-order valence-electron chi connectivity index (χ3n) is 2.75. The highest BCUT2D eigenvalue weighted by Crippen LogP contribution is 2.30. The van der Waals surface area contributed by atoms with E-state index < -0.39 is 23.8 Å². The van der Waals surface area contributed by atoms with Gasteiger partial charge in [0.05, 0.1) is 14.2 Å². The SMILES string of the molecule is CC[C@@H](CC(=O)SC(C)(C)C)C(C(=O)OC)C(=O)OC. The number of hydrogen-bond donors (Lipinski definition) is 0. The number of carbonyl (C=O) groups excluding carboxylic acids is 3. The lowest BCUT2D eigenvalue weighted by Crippen LogP contribution is -2.34. The van der Waals surface area contributed by atoms with Gasteiger partial charge in [-0.3, -0.25) is 14.4 Å². The van der Waals surface area contributed by atoms with Gasteiger partial charge in [0, 0.05) is 11.2 Å². The minimum atomic E-state index is -1.04. The Bertz CT molecular complexity index is 343. The van der Waals surface area contributed by atoms with Crippen molar-refractivity contribution in [2.45, 2.75) is 45.3 Å². The maximum Gasteiger partial charge on any atom is 0.320 e. The maximum absolute atomic E-state index is 12.0. The summed E-state index contributed by atoms with van der Waals surface area (Å²) in [4.78, 5) is 35.5. The zero-order valence-corrected chi connectivity index (χ0v) is 13.8. The molecule has 0 spiro atoms. The van der Waals surface area contributed by atoms with Gasteiger partial charge in [-0.25, -0.2) is 0 Å². The van der Waals surface area contributed by atoms with Crippen LogP contribution in [0.2, 0.25) is 0 Å². The third kappa shape index (κ3) is 6.41. The first kappa shape index (κ1) is 19.0. The number of esters is 2. The summed E-state index contributed by atoms with van der Waals surface area (Å²) in [5.74, 6) is -2.76. The highest BCUT2D eigenvalue weighted by molar-refractivity contribution is 8.14. The molecule has 20 heavy (non-hydrogen) atoms. The molecule has 0 fully saturated rings. The van der Waals surface area contributed by atoms with Crippen LogP contribution in [0.5, 0.6) is 0 Å². The van der Waals surface area contributed by atoms with Crippen molar-refractivity contribution in [1.29, 1.82) is 0 Å². The predicted octanol–water partition coefficient (Wildman–Crippen LogP) is 2.42. The minimum Gasteiger partial charge on any atom is -0.468 e. The van der Waals surface area contributed by atoms with Crippen LogP contribution in [-0.2, 0) is 23.9 Å². The van der Waals surface area contributed by atoms with Gasteiger partial charge < -0.3 is 9.47 Å². The van der Waals surface area contributed by atoms with Crippen LogP contribution in [0.1, 0.15) is 40.5 Å². The van der Waals surface area contributed by atoms with Gasteiger partial charge in [-0.15, -0.1) is 0 Å². The van der Waals surface area contributed by atoms with Crippen LogP contribution in [0, 0.1) is 11.8 Å². The molecule has 0 aromatic rings. The van der Waals surface area contributed by atoms with Crippen LogP contribution in [0.25, 0.3) is 0 Å². The van der Waals surface area contributed by atoms with E-state index in [0.717, 1.165) is 0 Å². The summed E-state index contributed by atoms with van der Waals surface area (Å²) in [6.45, 7) is 7.65. The van der Waals surface area contributed by atoms with Crippen LogP contribution in [-0.4, -0.2) is 36.0 Å². The van der Waals surface area contributed by atoms with Crippen molar-refractivity contribution in [2.24, 2.45) is 11.8 Å². The Morgan fingerprint density at radius 3 is 1.80 bits per heavy atom. The molecule has 116 valence electrons. The standard InChI is InChI=1S/C14H24O5S/c1-7-9(8-10(15)20-14(2,3)4)11(12(16)18-5)13(17)19-6/h9,11H,7-8H2,1-6H3/t9-/m0/s1. The van der Waals surface area contributed by atoms with E-state index in [4.69, 9.17) is 0 Å². The van der Waals surface area contributed by atoms with E-state index in [2.05, 4.69) is 9.47 Å². The van der Waals surface area contributed by atoms with Gasteiger partial charge in [-0.1, -0.05) is 45.9 Å². The van der Waals surface area contributed by atoms with E-state index in [0.29, 0.717) is 6.42 Å².